The highest BCUT2D eigenvalue weighted by molar-refractivity contribution is 5.74. The molecule has 1 fully saturated rings. The van der Waals surface area contributed by atoms with Gasteiger partial charge in [-0.3, -0.25) is 0 Å². The van der Waals surface area contributed by atoms with Gasteiger partial charge in [-0.1, -0.05) is 49.4 Å². The second kappa shape index (κ2) is 3.91. The van der Waals surface area contributed by atoms with Gasteiger partial charge in [-0.2, -0.15) is 0 Å². The molecule has 0 N–H and O–H groups in total. The van der Waals surface area contributed by atoms with Crippen molar-refractivity contribution < 1.29 is 4.74 Å². The molecular formula is C15H16O. The van der Waals surface area contributed by atoms with Crippen LogP contribution in [0.5, 0.6) is 0 Å². The Labute approximate surface area is 96.4 Å². The van der Waals surface area contributed by atoms with Crippen LogP contribution in [0.25, 0.3) is 5.57 Å². The minimum absolute atomic E-state index is 0.510. The lowest BCUT2D eigenvalue weighted by Crippen LogP contribution is -2.11. The summed E-state index contributed by atoms with van der Waals surface area (Å²) < 4.78 is 5.58. The molecule has 1 saturated heterocycles. The topological polar surface area (TPSA) is 9.23 Å². The number of allylic oxidation sites excluding steroid dienone is 2. The van der Waals surface area contributed by atoms with Gasteiger partial charge < -0.3 is 4.74 Å². The third-order valence-corrected chi connectivity index (χ3v) is 3.52. The van der Waals surface area contributed by atoms with E-state index in [4.69, 9.17) is 4.74 Å². The molecule has 16 heavy (non-hydrogen) atoms. The number of hydrogen-bond donors (Lipinski definition) is 0. The number of rotatable bonds is 1. The average molecular weight is 212 g/mol. The maximum atomic E-state index is 5.58. The van der Waals surface area contributed by atoms with Crippen molar-refractivity contribution in [1.82, 2.24) is 0 Å². The highest BCUT2D eigenvalue weighted by Gasteiger charge is 2.28. The van der Waals surface area contributed by atoms with E-state index in [9.17, 15) is 0 Å². The molecule has 0 bridgehead atoms. The summed E-state index contributed by atoms with van der Waals surface area (Å²) >= 11 is 0. The van der Waals surface area contributed by atoms with Crippen molar-refractivity contribution in [2.24, 2.45) is 11.8 Å². The first-order valence-corrected chi connectivity index (χ1v) is 5.90. The van der Waals surface area contributed by atoms with E-state index in [1.54, 1.807) is 0 Å². The zero-order valence-corrected chi connectivity index (χ0v) is 9.52. The van der Waals surface area contributed by atoms with Gasteiger partial charge in [0.2, 0.25) is 0 Å². The summed E-state index contributed by atoms with van der Waals surface area (Å²) in [7, 11) is 0. The molecule has 3 rings (SSSR count). The predicted octanol–water partition coefficient (Wildman–Crippen LogP) is 3.29. The molecular weight excluding hydrogens is 196 g/mol. The maximum Gasteiger partial charge on any atom is 0.0689 e. The van der Waals surface area contributed by atoms with Crippen LogP contribution in [-0.2, 0) is 4.74 Å². The second-order valence-electron chi connectivity index (χ2n) is 4.60. The van der Waals surface area contributed by atoms with Gasteiger partial charge in [0.15, 0.2) is 0 Å². The molecule has 1 aliphatic carbocycles. The highest BCUT2D eigenvalue weighted by Crippen LogP contribution is 2.38. The van der Waals surface area contributed by atoms with Crippen molar-refractivity contribution >= 4 is 5.57 Å². The lowest BCUT2D eigenvalue weighted by molar-refractivity contribution is 0.195. The Kier molecular flexibility index (Phi) is 2.41. The van der Waals surface area contributed by atoms with Crippen molar-refractivity contribution in [2.75, 3.05) is 13.2 Å². The molecule has 0 radical (unpaired) electrons. The number of hydrogen-bond acceptors (Lipinski definition) is 1. The molecule has 0 unspecified atom stereocenters. The van der Waals surface area contributed by atoms with Gasteiger partial charge in [-0.15, -0.1) is 0 Å². The second-order valence-corrected chi connectivity index (χ2v) is 4.60. The summed E-state index contributed by atoms with van der Waals surface area (Å²) in [5, 5.41) is 0. The lowest BCUT2D eigenvalue weighted by atomic mass is 9.81. The summed E-state index contributed by atoms with van der Waals surface area (Å²) in [6.07, 6.45) is 4.62. The van der Waals surface area contributed by atoms with Crippen LogP contribution in [0.2, 0.25) is 0 Å². The Balaban J connectivity index is 2.10. The lowest BCUT2D eigenvalue weighted by Gasteiger charge is -2.23. The fourth-order valence-electron chi connectivity index (χ4n) is 2.71. The van der Waals surface area contributed by atoms with E-state index in [2.05, 4.69) is 49.4 Å². The molecule has 2 atom stereocenters. The number of ether oxygens (including phenoxy) is 1. The average Bonchev–Trinajstić information content (AvgIpc) is 2.78. The van der Waals surface area contributed by atoms with Crippen molar-refractivity contribution in [3.63, 3.8) is 0 Å². The summed E-state index contributed by atoms with van der Waals surface area (Å²) in [5.74, 6) is 1.03. The van der Waals surface area contributed by atoms with E-state index in [1.807, 2.05) is 0 Å². The van der Waals surface area contributed by atoms with Gasteiger partial charge in [-0.05, 0) is 22.6 Å². The first kappa shape index (κ1) is 9.86. The summed E-state index contributed by atoms with van der Waals surface area (Å²) in [6.45, 7) is 3.93. The van der Waals surface area contributed by atoms with Crippen LogP contribution in [-0.4, -0.2) is 13.2 Å². The monoisotopic (exact) mass is 212 g/mol. The Hall–Kier alpha value is -1.34. The van der Waals surface area contributed by atoms with Crippen LogP contribution >= 0.6 is 0 Å². The van der Waals surface area contributed by atoms with Crippen molar-refractivity contribution in [1.29, 1.82) is 0 Å². The first-order valence-electron chi connectivity index (χ1n) is 5.90. The normalized spacial score (nSPS) is 28.3. The molecule has 0 amide bonds. The van der Waals surface area contributed by atoms with Gasteiger partial charge in [0.1, 0.15) is 0 Å². The number of fused-ring (bicyclic) bond motifs is 1. The van der Waals surface area contributed by atoms with Gasteiger partial charge in [0, 0.05) is 5.92 Å². The van der Waals surface area contributed by atoms with Crippen LogP contribution in [0.4, 0.5) is 0 Å². The standard InChI is InChI=1S/C15H16O/c1-11-7-8-13-9-16-10-14(13)15(11)12-5-3-2-4-6-12/h2-8,11,13H,9-10H2,1H3/t11-,13-/m0/s1. The van der Waals surface area contributed by atoms with Crippen LogP contribution in [0.3, 0.4) is 0 Å². The van der Waals surface area contributed by atoms with E-state index in [1.165, 1.54) is 16.7 Å². The molecule has 1 nitrogen and oxygen atoms in total. The molecule has 1 heterocycles. The molecule has 0 saturated carbocycles. The molecule has 1 aromatic carbocycles. The molecule has 0 spiro atoms. The van der Waals surface area contributed by atoms with Crippen molar-refractivity contribution in [3.8, 4) is 0 Å². The van der Waals surface area contributed by atoms with Gasteiger partial charge in [-0.25, -0.2) is 0 Å². The van der Waals surface area contributed by atoms with Gasteiger partial charge in [0.05, 0.1) is 13.2 Å². The molecule has 2 aliphatic rings. The third kappa shape index (κ3) is 1.52. The highest BCUT2D eigenvalue weighted by atomic mass is 16.5. The Morgan fingerprint density at radius 3 is 2.75 bits per heavy atom. The van der Waals surface area contributed by atoms with E-state index in [0.29, 0.717) is 11.8 Å². The van der Waals surface area contributed by atoms with Crippen LogP contribution in [0, 0.1) is 11.8 Å². The fourth-order valence-corrected chi connectivity index (χ4v) is 2.71. The zero-order chi connectivity index (χ0) is 11.0. The third-order valence-electron chi connectivity index (χ3n) is 3.52. The van der Waals surface area contributed by atoms with E-state index >= 15 is 0 Å². The minimum Gasteiger partial charge on any atom is -0.376 e. The van der Waals surface area contributed by atoms with Gasteiger partial charge >= 0.3 is 0 Å². The first-order chi connectivity index (χ1) is 7.86. The molecule has 1 aromatic rings. The Morgan fingerprint density at radius 1 is 1.12 bits per heavy atom. The zero-order valence-electron chi connectivity index (χ0n) is 9.52. The molecule has 0 aromatic heterocycles. The van der Waals surface area contributed by atoms with Crippen LogP contribution < -0.4 is 0 Å². The predicted molar refractivity (Wildman–Crippen MR) is 66.0 cm³/mol. The number of benzene rings is 1. The summed E-state index contributed by atoms with van der Waals surface area (Å²) in [4.78, 5) is 0. The largest absolute Gasteiger partial charge is 0.376 e. The fraction of sp³-hybridized carbons (Fsp3) is 0.333. The minimum atomic E-state index is 0.510. The summed E-state index contributed by atoms with van der Waals surface area (Å²) in [6, 6.07) is 10.7. The van der Waals surface area contributed by atoms with E-state index in [-0.39, 0.29) is 0 Å². The molecule has 1 heteroatoms. The molecule has 82 valence electrons. The Bertz CT molecular complexity index is 442. The van der Waals surface area contributed by atoms with E-state index in [0.717, 1.165) is 13.2 Å². The van der Waals surface area contributed by atoms with E-state index < -0.39 is 0 Å². The van der Waals surface area contributed by atoms with Crippen molar-refractivity contribution in [2.45, 2.75) is 6.92 Å². The smallest absolute Gasteiger partial charge is 0.0689 e. The SMILES string of the molecule is C[C@H]1C=C[C@H]2COCC2=C1c1ccccc1. The van der Waals surface area contributed by atoms with Crippen LogP contribution in [0.1, 0.15) is 12.5 Å². The molecule has 1 aliphatic heterocycles. The van der Waals surface area contributed by atoms with Gasteiger partial charge in [0.25, 0.3) is 0 Å². The maximum absolute atomic E-state index is 5.58. The Morgan fingerprint density at radius 2 is 1.94 bits per heavy atom. The summed E-state index contributed by atoms with van der Waals surface area (Å²) in [5.41, 5.74) is 4.32. The van der Waals surface area contributed by atoms with Crippen LogP contribution in [0.15, 0.2) is 48.1 Å². The van der Waals surface area contributed by atoms with Crippen molar-refractivity contribution in [3.05, 3.63) is 53.6 Å². The quantitative estimate of drug-likeness (QED) is 0.649.